The Balaban J connectivity index is 1.89. The molecule has 2 aromatic heterocycles. The fraction of sp³-hybridized carbons (Fsp3) is 0.0833. The lowest BCUT2D eigenvalue weighted by atomic mass is 9.91. The maximum Gasteiger partial charge on any atom is 0.335 e. The number of carbonyl (C=O) groups is 1. The number of benzene rings is 2. The Morgan fingerprint density at radius 3 is 2.52 bits per heavy atom. The predicted octanol–water partition coefficient (Wildman–Crippen LogP) is 4.08. The number of carboxylic acids is 1. The molecule has 4 aromatic rings. The van der Waals surface area contributed by atoms with Crippen LogP contribution in [0.3, 0.4) is 0 Å². The lowest BCUT2D eigenvalue weighted by Gasteiger charge is -2.13. The topological polar surface area (TPSA) is 71.9 Å². The van der Waals surface area contributed by atoms with Gasteiger partial charge in [0.2, 0.25) is 5.71 Å². The average molecular weight is 383 g/mol. The lowest BCUT2D eigenvalue weighted by molar-refractivity contribution is 0.0697. The van der Waals surface area contributed by atoms with E-state index in [0.717, 1.165) is 11.1 Å². The van der Waals surface area contributed by atoms with Gasteiger partial charge in [-0.15, -0.1) is 0 Å². The Hall–Kier alpha value is -4.04. The van der Waals surface area contributed by atoms with Gasteiger partial charge in [0.1, 0.15) is 6.26 Å². The largest absolute Gasteiger partial charge is 0.478 e. The molecule has 0 aliphatic carbocycles. The van der Waals surface area contributed by atoms with Crippen molar-refractivity contribution < 1.29 is 14.3 Å². The molecule has 0 spiro atoms. The smallest absolute Gasteiger partial charge is 0.335 e. The third kappa shape index (κ3) is 3.56. The molecule has 0 radical (unpaired) electrons. The van der Waals surface area contributed by atoms with Crippen molar-refractivity contribution in [3.63, 3.8) is 0 Å². The minimum Gasteiger partial charge on any atom is -0.478 e. The molecule has 0 saturated heterocycles. The number of oxazole rings is 1. The van der Waals surface area contributed by atoms with Crippen molar-refractivity contribution in [2.24, 2.45) is 0 Å². The molecule has 0 amide bonds. The second-order valence-electron chi connectivity index (χ2n) is 6.65. The zero-order valence-corrected chi connectivity index (χ0v) is 15.6. The van der Waals surface area contributed by atoms with Crippen molar-refractivity contribution in [3.8, 4) is 11.8 Å². The van der Waals surface area contributed by atoms with E-state index in [1.807, 2.05) is 30.3 Å². The first kappa shape index (κ1) is 18.3. The Morgan fingerprint density at radius 1 is 1.10 bits per heavy atom. The molecule has 0 aliphatic heterocycles. The Morgan fingerprint density at radius 2 is 1.83 bits per heavy atom. The summed E-state index contributed by atoms with van der Waals surface area (Å²) in [4.78, 5) is 24.2. The van der Waals surface area contributed by atoms with E-state index in [0.29, 0.717) is 16.8 Å². The predicted molar refractivity (Wildman–Crippen MR) is 109 cm³/mol. The summed E-state index contributed by atoms with van der Waals surface area (Å²) in [6.07, 6.45) is 4.99. The van der Waals surface area contributed by atoms with Gasteiger partial charge in [-0.05, 0) is 36.8 Å². The summed E-state index contributed by atoms with van der Waals surface area (Å²) >= 11 is 0. The third-order valence-electron chi connectivity index (χ3n) is 4.77. The quantitative estimate of drug-likeness (QED) is 0.541. The first-order valence-corrected chi connectivity index (χ1v) is 9.03. The monoisotopic (exact) mass is 383 g/mol. The van der Waals surface area contributed by atoms with Crippen LogP contribution in [0, 0.1) is 18.8 Å². The number of hydrogen-bond acceptors (Lipinski definition) is 3. The summed E-state index contributed by atoms with van der Waals surface area (Å²) in [6, 6.07) is 16.0. The summed E-state index contributed by atoms with van der Waals surface area (Å²) in [5.74, 6) is 4.81. The molecule has 5 heteroatoms. The van der Waals surface area contributed by atoms with Crippen molar-refractivity contribution in [2.45, 2.75) is 12.8 Å². The maximum absolute atomic E-state index is 13.0. The van der Waals surface area contributed by atoms with Crippen LogP contribution in [0.5, 0.6) is 0 Å². The van der Waals surface area contributed by atoms with Crippen molar-refractivity contribution in [3.05, 3.63) is 111 Å². The fourth-order valence-electron chi connectivity index (χ4n) is 3.24. The van der Waals surface area contributed by atoms with E-state index in [1.54, 1.807) is 35.9 Å². The zero-order chi connectivity index (χ0) is 20.4. The minimum absolute atomic E-state index is 0.144. The normalized spacial score (nSPS) is 11.6. The number of pyridine rings is 1. The van der Waals surface area contributed by atoms with Crippen LogP contribution in [0.2, 0.25) is 0 Å². The van der Waals surface area contributed by atoms with E-state index in [2.05, 4.69) is 11.8 Å². The standard InChI is InChI=1S/C24H17NO4/c1-16-22(26)21(15-25-13-14-29-23(16)25)20(12-7-17-5-3-2-4-6-17)18-8-10-19(11-9-18)24(27)28/h2-6,8-11,13-15,20H,1H3,(H,27,28). The number of nitrogens with zero attached hydrogens (tertiary/aromatic N) is 1. The molecule has 5 nitrogen and oxygen atoms in total. The molecule has 0 fully saturated rings. The maximum atomic E-state index is 13.0. The highest BCUT2D eigenvalue weighted by atomic mass is 16.4. The van der Waals surface area contributed by atoms with Gasteiger partial charge in [0.05, 0.1) is 17.0 Å². The Kier molecular flexibility index (Phi) is 4.76. The molecule has 142 valence electrons. The summed E-state index contributed by atoms with van der Waals surface area (Å²) in [5, 5.41) is 9.17. The molecule has 1 N–H and O–H groups in total. The molecule has 2 heterocycles. The highest BCUT2D eigenvalue weighted by Gasteiger charge is 2.19. The van der Waals surface area contributed by atoms with Gasteiger partial charge in [0.15, 0.2) is 5.43 Å². The first-order valence-electron chi connectivity index (χ1n) is 9.03. The average Bonchev–Trinajstić information content (AvgIpc) is 3.21. The molecule has 0 bridgehead atoms. The summed E-state index contributed by atoms with van der Waals surface area (Å²) in [5.41, 5.74) is 3.12. The van der Waals surface area contributed by atoms with Crippen molar-refractivity contribution in [1.29, 1.82) is 0 Å². The molecule has 4 rings (SSSR count). The van der Waals surface area contributed by atoms with Crippen LogP contribution in [-0.2, 0) is 0 Å². The van der Waals surface area contributed by atoms with Gasteiger partial charge in [-0.25, -0.2) is 4.79 Å². The summed E-state index contributed by atoms with van der Waals surface area (Å²) in [6.45, 7) is 1.72. The molecular weight excluding hydrogens is 366 g/mol. The van der Waals surface area contributed by atoms with Crippen LogP contribution < -0.4 is 5.43 Å². The van der Waals surface area contributed by atoms with Crippen LogP contribution in [0.15, 0.2) is 82.5 Å². The number of rotatable bonds is 3. The fourth-order valence-corrected chi connectivity index (χ4v) is 3.24. The number of aryl methyl sites for hydroxylation is 1. The van der Waals surface area contributed by atoms with Gasteiger partial charge in [0.25, 0.3) is 0 Å². The summed E-state index contributed by atoms with van der Waals surface area (Å²) in [7, 11) is 0. The van der Waals surface area contributed by atoms with Gasteiger partial charge in [-0.3, -0.25) is 9.20 Å². The van der Waals surface area contributed by atoms with Crippen molar-refractivity contribution in [1.82, 2.24) is 4.40 Å². The Bertz CT molecular complexity index is 1300. The number of hydrogen-bond donors (Lipinski definition) is 1. The number of carboxylic acid groups (broad SMARTS) is 1. The van der Waals surface area contributed by atoms with E-state index in [4.69, 9.17) is 9.52 Å². The van der Waals surface area contributed by atoms with Gasteiger partial charge in [-0.1, -0.05) is 42.2 Å². The second kappa shape index (κ2) is 7.53. The third-order valence-corrected chi connectivity index (χ3v) is 4.77. The minimum atomic E-state index is -1.00. The van der Waals surface area contributed by atoms with Crippen LogP contribution in [0.25, 0.3) is 5.71 Å². The van der Waals surface area contributed by atoms with Crippen LogP contribution in [0.4, 0.5) is 0 Å². The van der Waals surface area contributed by atoms with Crippen molar-refractivity contribution in [2.75, 3.05) is 0 Å². The van der Waals surface area contributed by atoms with Gasteiger partial charge < -0.3 is 9.52 Å². The van der Waals surface area contributed by atoms with Crippen LogP contribution in [-0.4, -0.2) is 15.5 Å². The van der Waals surface area contributed by atoms with E-state index in [9.17, 15) is 9.59 Å². The van der Waals surface area contributed by atoms with Gasteiger partial charge in [-0.2, -0.15) is 0 Å². The van der Waals surface area contributed by atoms with E-state index in [-0.39, 0.29) is 11.0 Å². The van der Waals surface area contributed by atoms with E-state index >= 15 is 0 Å². The SMILES string of the molecule is Cc1c(=O)c(C(C#Cc2ccccc2)c2ccc(C(=O)O)cc2)cn2ccoc12. The molecule has 0 aliphatic rings. The molecule has 2 aromatic carbocycles. The van der Waals surface area contributed by atoms with Crippen LogP contribution >= 0.6 is 0 Å². The number of aromatic carboxylic acids is 1. The van der Waals surface area contributed by atoms with Crippen LogP contribution in [0.1, 0.15) is 38.5 Å². The lowest BCUT2D eigenvalue weighted by Crippen LogP contribution is -2.18. The number of aromatic nitrogens is 1. The first-order chi connectivity index (χ1) is 14.0. The highest BCUT2D eigenvalue weighted by Crippen LogP contribution is 2.24. The van der Waals surface area contributed by atoms with Gasteiger partial charge >= 0.3 is 5.97 Å². The zero-order valence-electron chi connectivity index (χ0n) is 15.6. The second-order valence-corrected chi connectivity index (χ2v) is 6.65. The molecule has 29 heavy (non-hydrogen) atoms. The highest BCUT2D eigenvalue weighted by molar-refractivity contribution is 5.87. The molecule has 1 atom stereocenters. The Labute approximate surface area is 166 Å². The van der Waals surface area contributed by atoms with Crippen molar-refractivity contribution >= 4 is 11.7 Å². The van der Waals surface area contributed by atoms with E-state index < -0.39 is 11.9 Å². The molecule has 0 saturated carbocycles. The summed E-state index contributed by atoms with van der Waals surface area (Å²) < 4.78 is 7.16. The van der Waals surface area contributed by atoms with E-state index in [1.165, 1.54) is 18.4 Å². The molecule has 1 unspecified atom stereocenters. The number of fused-ring (bicyclic) bond motifs is 1. The van der Waals surface area contributed by atoms with Gasteiger partial charge in [0, 0.05) is 23.5 Å². The molecular formula is C24H17NO4.